The molecule has 0 radical (unpaired) electrons. The zero-order valence-corrected chi connectivity index (χ0v) is 19.6. The first-order valence-corrected chi connectivity index (χ1v) is 11.4. The molecular weight excluding hydrogens is 436 g/mol. The molecule has 0 aliphatic carbocycles. The van der Waals surface area contributed by atoms with Crippen molar-refractivity contribution < 1.29 is 13.2 Å². The summed E-state index contributed by atoms with van der Waals surface area (Å²) in [6.07, 6.45) is 2.96. The number of sulfonamides is 1. The van der Waals surface area contributed by atoms with Gasteiger partial charge in [0.2, 0.25) is 0 Å². The van der Waals surface area contributed by atoms with E-state index in [1.54, 1.807) is 44.4 Å². The van der Waals surface area contributed by atoms with Crippen LogP contribution in [0.25, 0.3) is 5.69 Å². The quantitative estimate of drug-likeness (QED) is 0.614. The minimum absolute atomic E-state index is 0.0825. The van der Waals surface area contributed by atoms with Gasteiger partial charge < -0.3 is 4.90 Å². The lowest BCUT2D eigenvalue weighted by atomic mass is 9.87. The van der Waals surface area contributed by atoms with E-state index < -0.39 is 10.0 Å². The average molecular weight is 461 g/mol. The van der Waals surface area contributed by atoms with E-state index >= 15 is 0 Å². The number of halogens is 1. The second-order valence-corrected chi connectivity index (χ2v) is 10.5. The topological polar surface area (TPSA) is 84.3 Å². The minimum Gasteiger partial charge on any atom is -0.345 e. The number of anilines is 1. The molecule has 0 aliphatic rings. The molecule has 0 atom stereocenters. The van der Waals surface area contributed by atoms with Crippen molar-refractivity contribution in [2.75, 3.05) is 18.8 Å². The summed E-state index contributed by atoms with van der Waals surface area (Å²) in [5.74, 6) is -0.214. The van der Waals surface area contributed by atoms with E-state index in [0.717, 1.165) is 5.56 Å². The van der Waals surface area contributed by atoms with Crippen LogP contribution in [0.1, 0.15) is 36.7 Å². The summed E-state index contributed by atoms with van der Waals surface area (Å²) in [7, 11) is -0.566. The summed E-state index contributed by atoms with van der Waals surface area (Å²) in [4.78, 5) is 13.8. The Kier molecular flexibility index (Phi) is 6.16. The monoisotopic (exact) mass is 460 g/mol. The highest BCUT2D eigenvalue weighted by Crippen LogP contribution is 2.28. The third kappa shape index (κ3) is 5.08. The van der Waals surface area contributed by atoms with Gasteiger partial charge in [-0.05, 0) is 41.3 Å². The van der Waals surface area contributed by atoms with Crippen LogP contribution in [-0.4, -0.2) is 43.1 Å². The molecule has 0 saturated heterocycles. The molecule has 1 aromatic heterocycles. The Balaban J connectivity index is 1.96. The van der Waals surface area contributed by atoms with Gasteiger partial charge in [-0.2, -0.15) is 5.10 Å². The summed E-state index contributed by atoms with van der Waals surface area (Å²) in [5, 5.41) is 4.61. The zero-order valence-electron chi connectivity index (χ0n) is 18.0. The molecule has 2 aromatic carbocycles. The van der Waals surface area contributed by atoms with Gasteiger partial charge in [0.25, 0.3) is 15.9 Å². The predicted molar refractivity (Wildman–Crippen MR) is 123 cm³/mol. The van der Waals surface area contributed by atoms with Gasteiger partial charge in [-0.25, -0.2) is 13.1 Å². The molecule has 1 heterocycles. The zero-order chi connectivity index (χ0) is 23.0. The van der Waals surface area contributed by atoms with Crippen molar-refractivity contribution in [3.63, 3.8) is 0 Å². The lowest BCUT2D eigenvalue weighted by molar-refractivity contribution is 0.0827. The van der Waals surface area contributed by atoms with E-state index in [2.05, 4.69) is 30.6 Å². The van der Waals surface area contributed by atoms with Crippen molar-refractivity contribution in [1.82, 2.24) is 14.7 Å². The minimum atomic E-state index is -3.85. The summed E-state index contributed by atoms with van der Waals surface area (Å²) in [6.45, 7) is 6.19. The van der Waals surface area contributed by atoms with Gasteiger partial charge in [-0.1, -0.05) is 44.5 Å². The van der Waals surface area contributed by atoms with Crippen molar-refractivity contribution in [3.05, 3.63) is 71.0 Å². The van der Waals surface area contributed by atoms with Gasteiger partial charge in [0.15, 0.2) is 0 Å². The maximum Gasteiger partial charge on any atom is 0.261 e. The number of rotatable bonds is 5. The normalized spacial score (nSPS) is 11.9. The van der Waals surface area contributed by atoms with Gasteiger partial charge >= 0.3 is 0 Å². The fraction of sp³-hybridized carbons (Fsp3) is 0.273. The highest BCUT2D eigenvalue weighted by atomic mass is 35.5. The maximum absolute atomic E-state index is 13.0. The fourth-order valence-corrected chi connectivity index (χ4v) is 4.18. The Labute approximate surface area is 187 Å². The second kappa shape index (κ2) is 8.36. The third-order valence-corrected chi connectivity index (χ3v) is 6.33. The summed E-state index contributed by atoms with van der Waals surface area (Å²) < 4.78 is 30.0. The number of hydrogen-bond acceptors (Lipinski definition) is 4. The molecule has 0 bridgehead atoms. The number of carbonyl (C=O) groups excluding carboxylic acids is 1. The first-order chi connectivity index (χ1) is 14.4. The van der Waals surface area contributed by atoms with Crippen LogP contribution in [-0.2, 0) is 15.4 Å². The van der Waals surface area contributed by atoms with E-state index in [-0.39, 0.29) is 21.9 Å². The number of aromatic nitrogens is 2. The number of nitrogens with one attached hydrogen (secondary N) is 1. The van der Waals surface area contributed by atoms with E-state index in [1.165, 1.54) is 22.0 Å². The molecule has 0 unspecified atom stereocenters. The maximum atomic E-state index is 13.0. The molecule has 0 aliphatic heterocycles. The van der Waals surface area contributed by atoms with Crippen LogP contribution in [0.2, 0.25) is 5.02 Å². The Hall–Kier alpha value is -2.84. The molecule has 3 rings (SSSR count). The van der Waals surface area contributed by atoms with Crippen molar-refractivity contribution in [2.24, 2.45) is 0 Å². The number of hydrogen-bond donors (Lipinski definition) is 1. The highest BCUT2D eigenvalue weighted by molar-refractivity contribution is 7.92. The Morgan fingerprint density at radius 1 is 1.10 bits per heavy atom. The van der Waals surface area contributed by atoms with Crippen LogP contribution >= 0.6 is 11.6 Å². The van der Waals surface area contributed by atoms with E-state index in [9.17, 15) is 13.2 Å². The molecule has 0 spiro atoms. The van der Waals surface area contributed by atoms with Crippen LogP contribution in [0, 0.1) is 0 Å². The Morgan fingerprint density at radius 2 is 1.74 bits per heavy atom. The largest absolute Gasteiger partial charge is 0.345 e. The third-order valence-electron chi connectivity index (χ3n) is 4.72. The standard InChI is InChI=1S/C22H25ClN4O3S/c1-22(2,3)16-6-9-18(10-7-16)31(29,30)25-19-11-8-17(23)12-20(19)27-14-15(13-24-27)21(28)26(4)5/h6-14,25H,1-5H3. The SMILES string of the molecule is CN(C)C(=O)c1cnn(-c2cc(Cl)ccc2NS(=O)(=O)c2ccc(C(C)(C)C)cc2)c1. The molecule has 7 nitrogen and oxygen atoms in total. The second-order valence-electron chi connectivity index (χ2n) is 8.41. The van der Waals surface area contributed by atoms with Gasteiger partial charge in [0, 0.05) is 25.3 Å². The number of carbonyl (C=O) groups is 1. The number of nitrogens with zero attached hydrogens (tertiary/aromatic N) is 3. The molecule has 0 saturated carbocycles. The average Bonchev–Trinajstić information content (AvgIpc) is 3.18. The van der Waals surface area contributed by atoms with Crippen LogP contribution in [0.3, 0.4) is 0 Å². The molecule has 164 valence electrons. The lowest BCUT2D eigenvalue weighted by Gasteiger charge is -2.19. The van der Waals surface area contributed by atoms with E-state index in [1.807, 2.05) is 12.1 Å². The van der Waals surface area contributed by atoms with Crippen LogP contribution in [0.4, 0.5) is 5.69 Å². The molecule has 1 amide bonds. The van der Waals surface area contributed by atoms with E-state index in [4.69, 9.17) is 11.6 Å². The summed E-state index contributed by atoms with van der Waals surface area (Å²) in [6, 6.07) is 11.5. The molecule has 9 heteroatoms. The van der Waals surface area contributed by atoms with E-state index in [0.29, 0.717) is 16.3 Å². The van der Waals surface area contributed by atoms with Crippen molar-refractivity contribution >= 4 is 33.2 Å². The van der Waals surface area contributed by atoms with Crippen LogP contribution < -0.4 is 4.72 Å². The molecule has 3 aromatic rings. The first kappa shape index (κ1) is 22.8. The van der Waals surface area contributed by atoms with Gasteiger partial charge in [-0.15, -0.1) is 0 Å². The van der Waals surface area contributed by atoms with Gasteiger partial charge in [0.05, 0.1) is 28.0 Å². The van der Waals surface area contributed by atoms with Gasteiger partial charge in [-0.3, -0.25) is 9.52 Å². The molecule has 31 heavy (non-hydrogen) atoms. The van der Waals surface area contributed by atoms with Crippen molar-refractivity contribution in [2.45, 2.75) is 31.1 Å². The Bertz CT molecular complexity index is 1210. The molecular formula is C22H25ClN4O3S. The summed E-state index contributed by atoms with van der Waals surface area (Å²) >= 11 is 6.14. The first-order valence-electron chi connectivity index (χ1n) is 9.58. The smallest absolute Gasteiger partial charge is 0.261 e. The summed E-state index contributed by atoms with van der Waals surface area (Å²) in [5.41, 5.74) is 2.02. The van der Waals surface area contributed by atoms with Gasteiger partial charge in [0.1, 0.15) is 0 Å². The Morgan fingerprint density at radius 3 is 2.32 bits per heavy atom. The lowest BCUT2D eigenvalue weighted by Crippen LogP contribution is -2.21. The number of amides is 1. The predicted octanol–water partition coefficient (Wildman–Crippen LogP) is 4.33. The van der Waals surface area contributed by atoms with Crippen molar-refractivity contribution in [3.8, 4) is 5.69 Å². The van der Waals surface area contributed by atoms with Crippen molar-refractivity contribution in [1.29, 1.82) is 0 Å². The highest BCUT2D eigenvalue weighted by Gasteiger charge is 2.20. The molecule has 1 N–H and O–H groups in total. The van der Waals surface area contributed by atoms with Crippen LogP contribution in [0.5, 0.6) is 0 Å². The number of benzene rings is 2. The molecule has 0 fully saturated rings. The van der Waals surface area contributed by atoms with Crippen LogP contribution in [0.15, 0.2) is 59.8 Å². The fourth-order valence-electron chi connectivity index (χ4n) is 2.94.